The number of nitrogens with zero attached hydrogens (tertiary/aromatic N) is 2. The van der Waals surface area contributed by atoms with Gasteiger partial charge in [0.25, 0.3) is 0 Å². The summed E-state index contributed by atoms with van der Waals surface area (Å²) in [6.45, 7) is 17.7. The van der Waals surface area contributed by atoms with Crippen LogP contribution in [0.5, 0.6) is 0 Å². The third-order valence-electron chi connectivity index (χ3n) is 4.99. The molecule has 182 valence electrons. The van der Waals surface area contributed by atoms with E-state index in [1.807, 2.05) is 39.4 Å². The molecule has 0 saturated heterocycles. The first-order valence-electron chi connectivity index (χ1n) is 12.4. The van der Waals surface area contributed by atoms with Crippen molar-refractivity contribution in [3.8, 4) is 0 Å². The average molecular weight is 445 g/mol. The molecular weight excluding hydrogens is 396 g/mol. The first-order valence-corrected chi connectivity index (χ1v) is 12.4. The Labute approximate surface area is 197 Å². The van der Waals surface area contributed by atoms with Gasteiger partial charge in [-0.05, 0) is 56.8 Å². The van der Waals surface area contributed by atoms with E-state index in [0.29, 0.717) is 12.3 Å². The third kappa shape index (κ3) is 10.9. The van der Waals surface area contributed by atoms with Gasteiger partial charge in [0.15, 0.2) is 0 Å². The van der Waals surface area contributed by atoms with Gasteiger partial charge in [-0.1, -0.05) is 60.6 Å². The molecule has 0 fully saturated rings. The Hall–Kier alpha value is -2.27. The van der Waals surface area contributed by atoms with Crippen LogP contribution >= 0.6 is 0 Å². The maximum Gasteiger partial charge on any atom is 0.124 e. The molecule has 5 heteroatoms. The van der Waals surface area contributed by atoms with E-state index in [9.17, 15) is 0 Å². The van der Waals surface area contributed by atoms with Gasteiger partial charge in [-0.15, -0.1) is 0 Å². The van der Waals surface area contributed by atoms with Crippen molar-refractivity contribution in [1.29, 1.82) is 5.41 Å². The van der Waals surface area contributed by atoms with Crippen molar-refractivity contribution in [3.05, 3.63) is 60.1 Å². The van der Waals surface area contributed by atoms with Crippen LogP contribution in [0.3, 0.4) is 0 Å². The van der Waals surface area contributed by atoms with Crippen LogP contribution in [-0.4, -0.2) is 35.6 Å². The number of nitrogens with one attached hydrogen (secondary N) is 2. The second-order valence-corrected chi connectivity index (χ2v) is 7.67. The Morgan fingerprint density at radius 3 is 2.34 bits per heavy atom. The lowest BCUT2D eigenvalue weighted by Crippen LogP contribution is -2.19. The van der Waals surface area contributed by atoms with E-state index in [0.717, 1.165) is 30.0 Å². The molecule has 5 nitrogen and oxygen atoms in total. The van der Waals surface area contributed by atoms with Gasteiger partial charge in [0.2, 0.25) is 0 Å². The summed E-state index contributed by atoms with van der Waals surface area (Å²) in [5.74, 6) is 2.25. The molecule has 0 aliphatic carbocycles. The van der Waals surface area contributed by atoms with Gasteiger partial charge in [-0.3, -0.25) is 0 Å². The van der Waals surface area contributed by atoms with Crippen LogP contribution < -0.4 is 5.32 Å². The van der Waals surface area contributed by atoms with E-state index in [4.69, 9.17) is 9.83 Å². The van der Waals surface area contributed by atoms with Gasteiger partial charge in [-0.2, -0.15) is 0 Å². The molecule has 0 saturated carbocycles. The molecule has 1 aliphatic heterocycles. The summed E-state index contributed by atoms with van der Waals surface area (Å²) in [7, 11) is 2.04. The van der Waals surface area contributed by atoms with Crippen LogP contribution in [0.1, 0.15) is 85.5 Å². The Morgan fingerprint density at radius 1 is 1.12 bits per heavy atom. The van der Waals surface area contributed by atoms with Crippen LogP contribution in [0, 0.1) is 11.3 Å². The predicted molar refractivity (Wildman–Crippen MR) is 140 cm³/mol. The van der Waals surface area contributed by atoms with Gasteiger partial charge >= 0.3 is 0 Å². The van der Waals surface area contributed by atoms with Crippen LogP contribution in [-0.2, 0) is 6.54 Å². The fraction of sp³-hybridized carbons (Fsp3) is 0.593. The minimum atomic E-state index is 0.257. The zero-order chi connectivity index (χ0) is 24.4. The second-order valence-electron chi connectivity index (χ2n) is 7.67. The number of allylic oxidation sites excluding steroid dienone is 3. The van der Waals surface area contributed by atoms with Crippen LogP contribution in [0.4, 0.5) is 0 Å². The van der Waals surface area contributed by atoms with Crippen molar-refractivity contribution in [3.63, 3.8) is 0 Å². The molecular formula is C27H48N4O. The molecule has 0 amide bonds. The zero-order valence-corrected chi connectivity index (χ0v) is 21.9. The topological polar surface area (TPSA) is 55.5 Å². The Balaban J connectivity index is 0.000000911. The summed E-state index contributed by atoms with van der Waals surface area (Å²) in [5, 5.41) is 11.5. The number of hydrogen-bond donors (Lipinski definition) is 2. The summed E-state index contributed by atoms with van der Waals surface area (Å²) in [4.78, 5) is 4.24. The molecule has 1 unspecified atom stereocenters. The summed E-state index contributed by atoms with van der Waals surface area (Å²) in [6.07, 6.45) is 16.6. The number of hydrogen-bond acceptors (Lipinski definition) is 5. The molecule has 32 heavy (non-hydrogen) atoms. The number of furan rings is 1. The Kier molecular flexibility index (Phi) is 17.0. The maximum absolute atomic E-state index is 8.20. The first-order chi connectivity index (χ1) is 15.5. The SMILES string of the molecule is CC.CC/C=C/C=C1\N(C)C=CN1Cc1cc(C(=N)C(C)CC)co1.CCCNCCC. The van der Waals surface area contributed by atoms with Crippen molar-refractivity contribution in [2.45, 2.75) is 80.7 Å². The molecule has 0 radical (unpaired) electrons. The van der Waals surface area contributed by atoms with Gasteiger partial charge < -0.3 is 24.9 Å². The quantitative estimate of drug-likeness (QED) is 0.281. The third-order valence-corrected chi connectivity index (χ3v) is 4.99. The van der Waals surface area contributed by atoms with Crippen molar-refractivity contribution in [2.24, 2.45) is 5.92 Å². The van der Waals surface area contributed by atoms with Gasteiger partial charge in [-0.25, -0.2) is 0 Å². The highest BCUT2D eigenvalue weighted by Gasteiger charge is 2.19. The van der Waals surface area contributed by atoms with Gasteiger partial charge in [0, 0.05) is 30.7 Å². The van der Waals surface area contributed by atoms with E-state index in [-0.39, 0.29) is 5.92 Å². The monoisotopic (exact) mass is 444 g/mol. The zero-order valence-electron chi connectivity index (χ0n) is 21.9. The predicted octanol–water partition coefficient (Wildman–Crippen LogP) is 7.14. The summed E-state index contributed by atoms with van der Waals surface area (Å²) in [6, 6.07) is 1.99. The fourth-order valence-corrected chi connectivity index (χ4v) is 2.91. The highest BCUT2D eigenvalue weighted by molar-refractivity contribution is 5.99. The highest BCUT2D eigenvalue weighted by Crippen LogP contribution is 2.23. The lowest BCUT2D eigenvalue weighted by molar-refractivity contribution is 0.349. The van der Waals surface area contributed by atoms with Crippen LogP contribution in [0.25, 0.3) is 0 Å². The summed E-state index contributed by atoms with van der Waals surface area (Å²) < 4.78 is 5.67. The van der Waals surface area contributed by atoms with E-state index < -0.39 is 0 Å². The van der Waals surface area contributed by atoms with E-state index in [1.165, 1.54) is 25.9 Å². The van der Waals surface area contributed by atoms with Crippen LogP contribution in [0.15, 0.2) is 53.2 Å². The normalized spacial score (nSPS) is 14.9. The molecule has 2 N–H and O–H groups in total. The Morgan fingerprint density at radius 2 is 1.78 bits per heavy atom. The lowest BCUT2D eigenvalue weighted by Gasteiger charge is -2.20. The summed E-state index contributed by atoms with van der Waals surface area (Å²) >= 11 is 0. The molecule has 0 aromatic carbocycles. The maximum atomic E-state index is 8.20. The van der Waals surface area contributed by atoms with Crippen molar-refractivity contribution < 1.29 is 4.42 Å². The van der Waals surface area contributed by atoms with Crippen molar-refractivity contribution in [2.75, 3.05) is 20.1 Å². The minimum absolute atomic E-state index is 0.257. The molecule has 0 bridgehead atoms. The molecule has 1 aromatic rings. The molecule has 1 aromatic heterocycles. The highest BCUT2D eigenvalue weighted by atomic mass is 16.3. The molecule has 1 aliphatic rings. The molecule has 2 rings (SSSR count). The standard InChI is InChI=1S/C19H27N3O.C6H15N.C2H6/c1-5-7-8-9-18-21(4)10-11-22(18)13-17-12-16(14-23-17)19(20)15(3)6-2;1-3-5-7-6-4-2;1-2/h7-12,14-15,20H,5-6,13H2,1-4H3;7H,3-6H2,1-2H3;1-2H3/b8-7+,18-9+,20-19?;;. The fourth-order valence-electron chi connectivity index (χ4n) is 2.91. The summed E-state index contributed by atoms with van der Waals surface area (Å²) in [5.41, 5.74) is 1.54. The van der Waals surface area contributed by atoms with Crippen molar-refractivity contribution >= 4 is 5.71 Å². The first kappa shape index (κ1) is 29.7. The number of rotatable bonds is 11. The van der Waals surface area contributed by atoms with Gasteiger partial charge in [0.05, 0.1) is 12.8 Å². The van der Waals surface area contributed by atoms with Crippen molar-refractivity contribution in [1.82, 2.24) is 15.1 Å². The molecule has 0 spiro atoms. The average Bonchev–Trinajstić information content (AvgIpc) is 3.42. The largest absolute Gasteiger partial charge is 0.467 e. The van der Waals surface area contributed by atoms with E-state index >= 15 is 0 Å². The second kappa shape index (κ2) is 18.3. The molecule has 1 atom stereocenters. The van der Waals surface area contributed by atoms with E-state index in [2.05, 4.69) is 68.0 Å². The smallest absolute Gasteiger partial charge is 0.124 e. The van der Waals surface area contributed by atoms with Gasteiger partial charge in [0.1, 0.15) is 11.6 Å². The minimum Gasteiger partial charge on any atom is -0.467 e. The van der Waals surface area contributed by atoms with E-state index in [1.54, 1.807) is 6.26 Å². The molecule has 2 heterocycles. The Bertz CT molecular complexity index is 698. The lowest BCUT2D eigenvalue weighted by atomic mass is 9.98. The van der Waals surface area contributed by atoms with Crippen LogP contribution in [0.2, 0.25) is 0 Å².